The second-order valence-electron chi connectivity index (χ2n) is 5.62. The Labute approximate surface area is 120 Å². The maximum atomic E-state index is 11.5. The largest absolute Gasteiger partial charge is 0.339 e. The first-order valence-electron chi connectivity index (χ1n) is 7.20. The second-order valence-corrected chi connectivity index (χ2v) is 7.85. The second kappa shape index (κ2) is 6.22. The molecule has 2 heterocycles. The van der Waals surface area contributed by atoms with Gasteiger partial charge in [-0.15, -0.1) is 0 Å². The van der Waals surface area contributed by atoms with Crippen molar-refractivity contribution in [3.63, 3.8) is 0 Å². The zero-order valence-electron chi connectivity index (χ0n) is 12.3. The average Bonchev–Trinajstić information content (AvgIpc) is 3.01. The van der Waals surface area contributed by atoms with E-state index in [0.29, 0.717) is 18.1 Å². The fraction of sp³-hybridized carbons (Fsp3) is 0.846. The quantitative estimate of drug-likeness (QED) is 0.856. The standard InChI is InChI=1S/C13H23N3O3S/c1-4-6-14-10(3)9(2)13-15-12(16-19-13)11-5-7-20(17,18)8-11/h9-11,14H,4-8H2,1-3H3. The minimum absolute atomic E-state index is 0.108. The maximum absolute atomic E-state index is 11.5. The fourth-order valence-electron chi connectivity index (χ4n) is 2.36. The van der Waals surface area contributed by atoms with Gasteiger partial charge in [0.2, 0.25) is 5.89 Å². The molecule has 0 aromatic carbocycles. The zero-order valence-corrected chi connectivity index (χ0v) is 13.1. The third-order valence-corrected chi connectivity index (χ3v) is 5.68. The summed E-state index contributed by atoms with van der Waals surface area (Å²) in [7, 11) is -2.92. The van der Waals surface area contributed by atoms with Crippen molar-refractivity contribution in [3.05, 3.63) is 11.7 Å². The van der Waals surface area contributed by atoms with Gasteiger partial charge in [0.1, 0.15) is 0 Å². The number of hydrogen-bond acceptors (Lipinski definition) is 6. The van der Waals surface area contributed by atoms with E-state index in [1.807, 2.05) is 6.92 Å². The Hall–Kier alpha value is -0.950. The highest BCUT2D eigenvalue weighted by Crippen LogP contribution is 2.28. The summed E-state index contributed by atoms with van der Waals surface area (Å²) in [5, 5.41) is 7.37. The predicted molar refractivity (Wildman–Crippen MR) is 76.5 cm³/mol. The van der Waals surface area contributed by atoms with Crippen LogP contribution in [0.25, 0.3) is 0 Å². The van der Waals surface area contributed by atoms with Crippen LogP contribution >= 0.6 is 0 Å². The van der Waals surface area contributed by atoms with Crippen molar-refractivity contribution in [2.24, 2.45) is 0 Å². The van der Waals surface area contributed by atoms with E-state index in [1.165, 1.54) is 0 Å². The minimum Gasteiger partial charge on any atom is -0.339 e. The molecule has 1 aliphatic heterocycles. The van der Waals surface area contributed by atoms with Gasteiger partial charge < -0.3 is 9.84 Å². The Balaban J connectivity index is 2.02. The van der Waals surface area contributed by atoms with E-state index in [0.717, 1.165) is 13.0 Å². The molecule has 114 valence electrons. The number of aromatic nitrogens is 2. The van der Waals surface area contributed by atoms with Gasteiger partial charge in [0.15, 0.2) is 15.7 Å². The number of rotatable bonds is 6. The summed E-state index contributed by atoms with van der Waals surface area (Å²) in [6.07, 6.45) is 1.67. The molecule has 1 aromatic heterocycles. The monoisotopic (exact) mass is 301 g/mol. The molecule has 1 saturated heterocycles. The number of nitrogens with one attached hydrogen (secondary N) is 1. The number of nitrogens with zero attached hydrogens (tertiary/aromatic N) is 2. The fourth-order valence-corrected chi connectivity index (χ4v) is 4.10. The smallest absolute Gasteiger partial charge is 0.231 e. The van der Waals surface area contributed by atoms with Gasteiger partial charge in [-0.2, -0.15) is 4.98 Å². The van der Waals surface area contributed by atoms with Crippen molar-refractivity contribution < 1.29 is 12.9 Å². The number of hydrogen-bond donors (Lipinski definition) is 1. The van der Waals surface area contributed by atoms with E-state index in [4.69, 9.17) is 4.52 Å². The van der Waals surface area contributed by atoms with Crippen molar-refractivity contribution in [1.29, 1.82) is 0 Å². The van der Waals surface area contributed by atoms with Crippen LogP contribution < -0.4 is 5.32 Å². The molecular weight excluding hydrogens is 278 g/mol. The summed E-state index contributed by atoms with van der Waals surface area (Å²) in [6, 6.07) is 0.246. The van der Waals surface area contributed by atoms with Crippen LogP contribution in [0.2, 0.25) is 0 Å². The molecule has 1 N–H and O–H groups in total. The first-order valence-corrected chi connectivity index (χ1v) is 9.02. The van der Waals surface area contributed by atoms with Crippen molar-refractivity contribution in [1.82, 2.24) is 15.5 Å². The van der Waals surface area contributed by atoms with Gasteiger partial charge in [0, 0.05) is 12.0 Å². The molecule has 0 amide bonds. The van der Waals surface area contributed by atoms with Crippen LogP contribution in [0.1, 0.15) is 57.2 Å². The molecule has 0 bridgehead atoms. The highest BCUT2D eigenvalue weighted by Gasteiger charge is 2.33. The Morgan fingerprint density at radius 1 is 1.45 bits per heavy atom. The highest BCUT2D eigenvalue weighted by atomic mass is 32.2. The van der Waals surface area contributed by atoms with Crippen molar-refractivity contribution in [3.8, 4) is 0 Å². The molecule has 2 rings (SSSR count). The zero-order chi connectivity index (χ0) is 14.8. The van der Waals surface area contributed by atoms with Gasteiger partial charge >= 0.3 is 0 Å². The van der Waals surface area contributed by atoms with Crippen LogP contribution in [-0.2, 0) is 9.84 Å². The third-order valence-electron chi connectivity index (χ3n) is 3.91. The minimum atomic E-state index is -2.92. The summed E-state index contributed by atoms with van der Waals surface area (Å²) in [5.41, 5.74) is 0. The van der Waals surface area contributed by atoms with Gasteiger partial charge in [-0.1, -0.05) is 19.0 Å². The first-order chi connectivity index (χ1) is 9.43. The molecule has 0 spiro atoms. The Morgan fingerprint density at radius 3 is 2.80 bits per heavy atom. The van der Waals surface area contributed by atoms with Gasteiger partial charge in [-0.3, -0.25) is 0 Å². The molecule has 1 fully saturated rings. The van der Waals surface area contributed by atoms with E-state index >= 15 is 0 Å². The van der Waals surface area contributed by atoms with Gasteiger partial charge in [0.25, 0.3) is 0 Å². The van der Waals surface area contributed by atoms with Crippen LogP contribution in [0, 0.1) is 0 Å². The summed E-state index contributed by atoms with van der Waals surface area (Å²) in [5.74, 6) is 1.50. The Morgan fingerprint density at radius 2 is 2.20 bits per heavy atom. The van der Waals surface area contributed by atoms with Gasteiger partial charge in [-0.25, -0.2) is 8.42 Å². The average molecular weight is 301 g/mol. The van der Waals surface area contributed by atoms with E-state index in [2.05, 4.69) is 29.3 Å². The van der Waals surface area contributed by atoms with E-state index in [-0.39, 0.29) is 29.4 Å². The first kappa shape index (κ1) is 15.4. The molecule has 20 heavy (non-hydrogen) atoms. The maximum Gasteiger partial charge on any atom is 0.231 e. The third kappa shape index (κ3) is 3.58. The van der Waals surface area contributed by atoms with E-state index in [9.17, 15) is 8.42 Å². The van der Waals surface area contributed by atoms with Gasteiger partial charge in [0.05, 0.1) is 17.4 Å². The Bertz CT molecular complexity index is 541. The summed E-state index contributed by atoms with van der Waals surface area (Å²) < 4.78 is 28.3. The van der Waals surface area contributed by atoms with Crippen LogP contribution in [0.3, 0.4) is 0 Å². The van der Waals surface area contributed by atoms with Gasteiger partial charge in [-0.05, 0) is 26.3 Å². The topological polar surface area (TPSA) is 85.1 Å². The molecule has 1 aliphatic rings. The summed E-state index contributed by atoms with van der Waals surface area (Å²) in [6.45, 7) is 7.20. The molecule has 7 heteroatoms. The van der Waals surface area contributed by atoms with Crippen LogP contribution in [0.15, 0.2) is 4.52 Å². The highest BCUT2D eigenvalue weighted by molar-refractivity contribution is 7.91. The summed E-state index contributed by atoms with van der Waals surface area (Å²) >= 11 is 0. The lowest BCUT2D eigenvalue weighted by atomic mass is 10.0. The SMILES string of the molecule is CCCNC(C)C(C)c1nc(C2CCS(=O)(=O)C2)no1. The lowest BCUT2D eigenvalue weighted by molar-refractivity contribution is 0.327. The van der Waals surface area contributed by atoms with E-state index < -0.39 is 9.84 Å². The molecule has 1 aromatic rings. The molecule has 6 nitrogen and oxygen atoms in total. The Kier molecular flexibility index (Phi) is 4.80. The lowest BCUT2D eigenvalue weighted by Gasteiger charge is -2.17. The molecule has 3 atom stereocenters. The summed E-state index contributed by atoms with van der Waals surface area (Å²) in [4.78, 5) is 4.40. The lowest BCUT2D eigenvalue weighted by Crippen LogP contribution is -2.31. The molecule has 0 aliphatic carbocycles. The van der Waals surface area contributed by atoms with Crippen LogP contribution in [0.5, 0.6) is 0 Å². The van der Waals surface area contributed by atoms with Crippen molar-refractivity contribution in [2.45, 2.75) is 51.5 Å². The molecule has 0 saturated carbocycles. The van der Waals surface area contributed by atoms with Crippen molar-refractivity contribution in [2.75, 3.05) is 18.1 Å². The number of sulfone groups is 1. The molecule has 0 radical (unpaired) electrons. The normalized spacial score (nSPS) is 24.6. The van der Waals surface area contributed by atoms with E-state index in [1.54, 1.807) is 0 Å². The molecule has 3 unspecified atom stereocenters. The molecular formula is C13H23N3O3S. The van der Waals surface area contributed by atoms with Crippen LogP contribution in [-0.4, -0.2) is 42.7 Å². The van der Waals surface area contributed by atoms with Crippen LogP contribution in [0.4, 0.5) is 0 Å². The van der Waals surface area contributed by atoms with Crippen molar-refractivity contribution >= 4 is 9.84 Å². The predicted octanol–water partition coefficient (Wildman–Crippen LogP) is 1.46.